The van der Waals surface area contributed by atoms with E-state index in [-0.39, 0.29) is 5.91 Å². The Morgan fingerprint density at radius 3 is 2.66 bits per heavy atom. The number of benzene rings is 3. The van der Waals surface area contributed by atoms with E-state index in [4.69, 9.17) is 4.74 Å². The van der Waals surface area contributed by atoms with Gasteiger partial charge >= 0.3 is 0 Å². The summed E-state index contributed by atoms with van der Waals surface area (Å²) >= 11 is 0. The van der Waals surface area contributed by atoms with Crippen LogP contribution in [0.4, 0.5) is 0 Å². The van der Waals surface area contributed by atoms with Gasteiger partial charge in [-0.1, -0.05) is 54.6 Å². The van der Waals surface area contributed by atoms with Gasteiger partial charge in [0.25, 0.3) is 5.91 Å². The van der Waals surface area contributed by atoms with Crippen LogP contribution < -0.4 is 10.2 Å². The summed E-state index contributed by atoms with van der Waals surface area (Å²) in [5.74, 6) is 0.453. The second-order valence-electron chi connectivity index (χ2n) is 6.43. The molecule has 0 bridgehead atoms. The Kier molecular flexibility index (Phi) is 5.58. The van der Waals surface area contributed by atoms with Crippen LogP contribution >= 0.6 is 0 Å². The van der Waals surface area contributed by atoms with Crippen LogP contribution in [0, 0.1) is 0 Å². The second-order valence-corrected chi connectivity index (χ2v) is 6.43. The van der Waals surface area contributed by atoms with Crippen LogP contribution in [0.25, 0.3) is 10.8 Å². The predicted octanol–water partition coefficient (Wildman–Crippen LogP) is 4.58. The van der Waals surface area contributed by atoms with Crippen molar-refractivity contribution in [2.24, 2.45) is 5.10 Å². The minimum atomic E-state index is -0.285. The molecule has 0 aliphatic rings. The Morgan fingerprint density at radius 2 is 1.76 bits per heavy atom. The van der Waals surface area contributed by atoms with E-state index in [2.05, 4.69) is 39.8 Å². The van der Waals surface area contributed by atoms with E-state index in [1.807, 2.05) is 42.5 Å². The molecule has 0 saturated carbocycles. The Morgan fingerprint density at radius 1 is 0.966 bits per heavy atom. The average Bonchev–Trinajstić information content (AvgIpc) is 2.78. The zero-order valence-corrected chi connectivity index (χ0v) is 15.7. The highest BCUT2D eigenvalue weighted by molar-refractivity contribution is 5.94. The molecule has 5 nitrogen and oxygen atoms in total. The summed E-state index contributed by atoms with van der Waals surface area (Å²) in [6.07, 6.45) is 4.72. The number of aromatic nitrogens is 1. The molecule has 0 atom stereocenters. The smallest absolute Gasteiger partial charge is 0.271 e. The third-order valence-electron chi connectivity index (χ3n) is 4.45. The fourth-order valence-electron chi connectivity index (χ4n) is 3.00. The number of carbonyl (C=O) groups excluding carboxylic acids is 1. The number of pyridine rings is 1. The van der Waals surface area contributed by atoms with E-state index in [9.17, 15) is 4.79 Å². The number of carbonyl (C=O) groups is 1. The first-order valence-corrected chi connectivity index (χ1v) is 9.22. The monoisotopic (exact) mass is 381 g/mol. The summed E-state index contributed by atoms with van der Waals surface area (Å²) in [7, 11) is 0. The van der Waals surface area contributed by atoms with Crippen LogP contribution in [0.3, 0.4) is 0 Å². The normalized spacial score (nSPS) is 10.9. The zero-order chi connectivity index (χ0) is 19.9. The third-order valence-corrected chi connectivity index (χ3v) is 4.45. The molecule has 0 unspecified atom stereocenters. The lowest BCUT2D eigenvalue weighted by atomic mass is 10.1. The highest BCUT2D eigenvalue weighted by Gasteiger charge is 2.03. The molecule has 1 aromatic heterocycles. The molecule has 0 aliphatic heterocycles. The number of nitrogens with one attached hydrogen (secondary N) is 1. The Bertz CT molecular complexity index is 1150. The summed E-state index contributed by atoms with van der Waals surface area (Å²) < 4.78 is 5.98. The summed E-state index contributed by atoms with van der Waals surface area (Å²) in [4.78, 5) is 15.9. The van der Waals surface area contributed by atoms with Gasteiger partial charge in [0.15, 0.2) is 0 Å². The van der Waals surface area contributed by atoms with Gasteiger partial charge in [-0.2, -0.15) is 5.10 Å². The molecule has 29 heavy (non-hydrogen) atoms. The van der Waals surface area contributed by atoms with Crippen LogP contribution in [0.15, 0.2) is 96.4 Å². The van der Waals surface area contributed by atoms with Gasteiger partial charge in [0, 0.05) is 18.0 Å². The van der Waals surface area contributed by atoms with Crippen molar-refractivity contribution < 1.29 is 9.53 Å². The summed E-state index contributed by atoms with van der Waals surface area (Å²) in [5, 5.41) is 6.40. The molecule has 0 spiro atoms. The van der Waals surface area contributed by atoms with Crippen LogP contribution in [0.1, 0.15) is 21.5 Å². The molecule has 3 aromatic carbocycles. The molecule has 5 heteroatoms. The Hall–Kier alpha value is -3.99. The molecular formula is C24H19N3O2. The lowest BCUT2D eigenvalue weighted by Gasteiger charge is -2.09. The first-order valence-electron chi connectivity index (χ1n) is 9.22. The standard InChI is InChI=1S/C24H19N3O2/c28-24(20-11-13-25-14-12-20)27-26-16-18-5-3-9-22(15-18)29-17-21-8-4-7-19-6-1-2-10-23(19)21/h1-16H,17H2,(H,27,28)/b26-16-. The highest BCUT2D eigenvalue weighted by atomic mass is 16.5. The SMILES string of the molecule is O=C(N/N=C\c1cccc(OCc2cccc3ccccc23)c1)c1ccncc1. The molecule has 1 amide bonds. The van der Waals surface area contributed by atoms with E-state index in [1.165, 1.54) is 10.8 Å². The quantitative estimate of drug-likeness (QED) is 0.393. The van der Waals surface area contributed by atoms with Crippen molar-refractivity contribution in [1.82, 2.24) is 10.4 Å². The predicted molar refractivity (Wildman–Crippen MR) is 114 cm³/mol. The number of amides is 1. The molecule has 4 aromatic rings. The van der Waals surface area contributed by atoms with Gasteiger partial charge in [0.1, 0.15) is 12.4 Å². The maximum Gasteiger partial charge on any atom is 0.271 e. The van der Waals surface area contributed by atoms with Gasteiger partial charge in [0.05, 0.1) is 6.21 Å². The first-order chi connectivity index (χ1) is 14.3. The van der Waals surface area contributed by atoms with Gasteiger partial charge in [-0.15, -0.1) is 0 Å². The van der Waals surface area contributed by atoms with Crippen molar-refractivity contribution in [1.29, 1.82) is 0 Å². The number of rotatable bonds is 6. The number of ether oxygens (including phenoxy) is 1. The Balaban J connectivity index is 1.40. The molecule has 0 fully saturated rings. The highest BCUT2D eigenvalue weighted by Crippen LogP contribution is 2.21. The van der Waals surface area contributed by atoms with Crippen molar-refractivity contribution in [3.05, 3.63) is 108 Å². The summed E-state index contributed by atoms with van der Waals surface area (Å²) in [6, 6.07) is 25.3. The number of hydrogen-bond donors (Lipinski definition) is 1. The van der Waals surface area contributed by atoms with E-state index in [0.717, 1.165) is 16.9 Å². The van der Waals surface area contributed by atoms with Crippen LogP contribution in [0.5, 0.6) is 5.75 Å². The topological polar surface area (TPSA) is 63.6 Å². The van der Waals surface area contributed by atoms with Crippen molar-refractivity contribution in [3.8, 4) is 5.75 Å². The minimum absolute atomic E-state index is 0.285. The van der Waals surface area contributed by atoms with Crippen LogP contribution in [-0.4, -0.2) is 17.1 Å². The number of hydrogen-bond acceptors (Lipinski definition) is 4. The van der Waals surface area contributed by atoms with Crippen molar-refractivity contribution in [2.75, 3.05) is 0 Å². The van der Waals surface area contributed by atoms with Crippen molar-refractivity contribution >= 4 is 22.9 Å². The lowest BCUT2D eigenvalue weighted by molar-refractivity contribution is 0.0955. The van der Waals surface area contributed by atoms with Crippen LogP contribution in [0.2, 0.25) is 0 Å². The van der Waals surface area contributed by atoms with Gasteiger partial charge in [0.2, 0.25) is 0 Å². The molecular weight excluding hydrogens is 362 g/mol. The lowest BCUT2D eigenvalue weighted by Crippen LogP contribution is -2.17. The summed E-state index contributed by atoms with van der Waals surface area (Å²) in [6.45, 7) is 0.473. The Labute approximate surface area is 168 Å². The molecule has 4 rings (SSSR count). The van der Waals surface area contributed by atoms with Crippen LogP contribution in [-0.2, 0) is 6.61 Å². The fourth-order valence-corrected chi connectivity index (χ4v) is 3.00. The zero-order valence-electron chi connectivity index (χ0n) is 15.7. The average molecular weight is 381 g/mol. The second kappa shape index (κ2) is 8.80. The molecule has 1 heterocycles. The van der Waals surface area contributed by atoms with Gasteiger partial charge in [-0.25, -0.2) is 5.43 Å². The van der Waals surface area contributed by atoms with Gasteiger partial charge in [-0.3, -0.25) is 9.78 Å². The summed E-state index contributed by atoms with van der Waals surface area (Å²) in [5.41, 5.74) is 4.97. The van der Waals surface area contributed by atoms with Gasteiger partial charge < -0.3 is 4.74 Å². The molecule has 0 radical (unpaired) electrons. The van der Waals surface area contributed by atoms with E-state index in [0.29, 0.717) is 12.2 Å². The van der Waals surface area contributed by atoms with E-state index < -0.39 is 0 Å². The van der Waals surface area contributed by atoms with E-state index >= 15 is 0 Å². The minimum Gasteiger partial charge on any atom is -0.489 e. The number of nitrogens with zero attached hydrogens (tertiary/aromatic N) is 2. The van der Waals surface area contributed by atoms with E-state index in [1.54, 1.807) is 30.7 Å². The molecule has 142 valence electrons. The van der Waals surface area contributed by atoms with Crippen molar-refractivity contribution in [3.63, 3.8) is 0 Å². The maximum atomic E-state index is 12.0. The number of hydrazone groups is 1. The third kappa shape index (κ3) is 4.65. The van der Waals surface area contributed by atoms with Crippen molar-refractivity contribution in [2.45, 2.75) is 6.61 Å². The van der Waals surface area contributed by atoms with Gasteiger partial charge in [-0.05, 0) is 46.2 Å². The fraction of sp³-hybridized carbons (Fsp3) is 0.0417. The largest absolute Gasteiger partial charge is 0.489 e. The first kappa shape index (κ1) is 18.4. The molecule has 1 N–H and O–H groups in total. The molecule has 0 saturated heterocycles. The number of fused-ring (bicyclic) bond motifs is 1. The maximum absolute atomic E-state index is 12.0. The molecule has 0 aliphatic carbocycles.